The predicted octanol–water partition coefficient (Wildman–Crippen LogP) is 1.65. The number of rotatable bonds is 3. The topological polar surface area (TPSA) is 63.9 Å². The highest BCUT2D eigenvalue weighted by atomic mass is 16.2. The van der Waals surface area contributed by atoms with Crippen molar-refractivity contribution in [2.24, 2.45) is 0 Å². The summed E-state index contributed by atoms with van der Waals surface area (Å²) in [5, 5.41) is 8.45. The van der Waals surface area contributed by atoms with Gasteiger partial charge in [-0.05, 0) is 25.5 Å². The molecule has 20 heavy (non-hydrogen) atoms. The van der Waals surface area contributed by atoms with Crippen molar-refractivity contribution in [1.82, 2.24) is 24.6 Å². The van der Waals surface area contributed by atoms with Crippen LogP contribution in [0, 0.1) is 0 Å². The summed E-state index contributed by atoms with van der Waals surface area (Å²) in [6.07, 6.45) is 2.66. The number of pyridine rings is 1. The molecule has 0 aromatic carbocycles. The fraction of sp³-hybridized carbons (Fsp3) is 0.429. The second-order valence-electron chi connectivity index (χ2n) is 4.96. The number of carbonyl (C=O) groups excluding carboxylic acids is 1. The third-order valence-corrected chi connectivity index (χ3v) is 3.54. The van der Waals surface area contributed by atoms with Gasteiger partial charge in [-0.1, -0.05) is 13.0 Å². The van der Waals surface area contributed by atoms with Crippen molar-refractivity contribution < 1.29 is 4.79 Å². The monoisotopic (exact) mass is 271 g/mol. The summed E-state index contributed by atoms with van der Waals surface area (Å²) in [6.45, 7) is 5.24. The van der Waals surface area contributed by atoms with Crippen LogP contribution >= 0.6 is 0 Å². The van der Waals surface area contributed by atoms with Crippen LogP contribution in [-0.4, -0.2) is 37.1 Å². The average Bonchev–Trinajstić information content (AvgIpc) is 2.89. The molecule has 0 bridgehead atoms. The summed E-state index contributed by atoms with van der Waals surface area (Å²) < 4.78 is 1.90. The molecule has 0 fully saturated rings. The standard InChI is InChI=1S/C14H17N5O/c1-3-8-18-9-12-16-17-13(11-6-4-5-7-15-11)19(12)10(2)14(18)20/h4-7,10H,3,8-9H2,1-2H3/t10-/m1/s1. The maximum absolute atomic E-state index is 12.4. The van der Waals surface area contributed by atoms with Crippen molar-refractivity contribution in [1.29, 1.82) is 0 Å². The number of amides is 1. The number of aromatic nitrogens is 4. The number of fused-ring (bicyclic) bond motifs is 1. The highest BCUT2D eigenvalue weighted by molar-refractivity contribution is 5.81. The van der Waals surface area contributed by atoms with Crippen LogP contribution in [0.3, 0.4) is 0 Å². The van der Waals surface area contributed by atoms with Crippen molar-refractivity contribution in [2.45, 2.75) is 32.9 Å². The van der Waals surface area contributed by atoms with Crippen LogP contribution < -0.4 is 0 Å². The van der Waals surface area contributed by atoms with Crippen LogP contribution in [0.2, 0.25) is 0 Å². The summed E-state index contributed by atoms with van der Waals surface area (Å²) in [7, 11) is 0. The Morgan fingerprint density at radius 2 is 2.20 bits per heavy atom. The van der Waals surface area contributed by atoms with Gasteiger partial charge in [0.15, 0.2) is 11.6 Å². The van der Waals surface area contributed by atoms with Crippen LogP contribution in [0.5, 0.6) is 0 Å². The Bertz CT molecular complexity index is 622. The Hall–Kier alpha value is -2.24. The molecule has 2 aromatic heterocycles. The van der Waals surface area contributed by atoms with E-state index in [-0.39, 0.29) is 11.9 Å². The Morgan fingerprint density at radius 1 is 1.35 bits per heavy atom. The lowest BCUT2D eigenvalue weighted by Crippen LogP contribution is -2.42. The molecule has 1 atom stereocenters. The molecule has 6 heteroatoms. The van der Waals surface area contributed by atoms with Crippen LogP contribution in [-0.2, 0) is 11.3 Å². The first kappa shape index (κ1) is 12.8. The summed E-state index contributed by atoms with van der Waals surface area (Å²) >= 11 is 0. The van der Waals surface area contributed by atoms with Crippen molar-refractivity contribution in [3.8, 4) is 11.5 Å². The number of carbonyl (C=O) groups is 1. The van der Waals surface area contributed by atoms with Gasteiger partial charge in [0.05, 0.1) is 6.54 Å². The van der Waals surface area contributed by atoms with Crippen molar-refractivity contribution in [2.75, 3.05) is 6.54 Å². The van der Waals surface area contributed by atoms with Crippen LogP contribution in [0.25, 0.3) is 11.5 Å². The lowest BCUT2D eigenvalue weighted by molar-refractivity contribution is -0.136. The Morgan fingerprint density at radius 3 is 2.90 bits per heavy atom. The van der Waals surface area contributed by atoms with Gasteiger partial charge in [-0.2, -0.15) is 0 Å². The number of hydrogen-bond donors (Lipinski definition) is 0. The maximum atomic E-state index is 12.4. The van der Waals surface area contributed by atoms with Gasteiger partial charge in [-0.25, -0.2) is 0 Å². The molecule has 1 amide bonds. The Kier molecular flexibility index (Phi) is 3.22. The van der Waals surface area contributed by atoms with E-state index in [2.05, 4.69) is 22.1 Å². The summed E-state index contributed by atoms with van der Waals surface area (Å²) in [5.74, 6) is 1.61. The van der Waals surface area contributed by atoms with E-state index in [4.69, 9.17) is 0 Å². The summed E-state index contributed by atoms with van der Waals surface area (Å²) in [5.41, 5.74) is 0.745. The minimum absolute atomic E-state index is 0.122. The molecule has 0 aliphatic carbocycles. The summed E-state index contributed by atoms with van der Waals surface area (Å²) in [4.78, 5) is 18.5. The van der Waals surface area contributed by atoms with Gasteiger partial charge in [0.1, 0.15) is 11.7 Å². The molecule has 2 aromatic rings. The number of nitrogens with zero attached hydrogens (tertiary/aromatic N) is 5. The molecular weight excluding hydrogens is 254 g/mol. The molecule has 104 valence electrons. The molecule has 0 unspecified atom stereocenters. The van der Waals surface area contributed by atoms with Gasteiger partial charge < -0.3 is 4.90 Å². The van der Waals surface area contributed by atoms with Gasteiger partial charge in [-0.3, -0.25) is 14.3 Å². The van der Waals surface area contributed by atoms with E-state index >= 15 is 0 Å². The zero-order chi connectivity index (χ0) is 14.1. The first-order valence-electron chi connectivity index (χ1n) is 6.86. The first-order valence-corrected chi connectivity index (χ1v) is 6.86. The van der Waals surface area contributed by atoms with E-state index in [1.54, 1.807) is 6.20 Å². The third-order valence-electron chi connectivity index (χ3n) is 3.54. The van der Waals surface area contributed by atoms with Crippen molar-refractivity contribution >= 4 is 5.91 Å². The maximum Gasteiger partial charge on any atom is 0.245 e. The fourth-order valence-corrected chi connectivity index (χ4v) is 2.59. The molecule has 3 rings (SSSR count). The SMILES string of the molecule is CCCN1Cc2nnc(-c3ccccn3)n2[C@H](C)C1=O. The largest absolute Gasteiger partial charge is 0.333 e. The summed E-state index contributed by atoms with van der Waals surface area (Å²) in [6, 6.07) is 5.36. The highest BCUT2D eigenvalue weighted by Crippen LogP contribution is 2.27. The zero-order valence-corrected chi connectivity index (χ0v) is 11.7. The minimum Gasteiger partial charge on any atom is -0.333 e. The van der Waals surface area contributed by atoms with Crippen LogP contribution in [0.1, 0.15) is 32.1 Å². The van der Waals surface area contributed by atoms with E-state index in [1.807, 2.05) is 34.6 Å². The van der Waals surface area contributed by atoms with E-state index < -0.39 is 0 Å². The predicted molar refractivity (Wildman–Crippen MR) is 73.7 cm³/mol. The number of hydrogen-bond acceptors (Lipinski definition) is 4. The molecule has 6 nitrogen and oxygen atoms in total. The van der Waals surface area contributed by atoms with Gasteiger partial charge in [0.25, 0.3) is 0 Å². The molecule has 1 aliphatic rings. The second-order valence-corrected chi connectivity index (χ2v) is 4.96. The Labute approximate surface area is 117 Å². The molecule has 0 saturated heterocycles. The van der Waals surface area contributed by atoms with E-state index in [1.165, 1.54) is 0 Å². The molecule has 0 spiro atoms. The lowest BCUT2D eigenvalue weighted by Gasteiger charge is -2.31. The van der Waals surface area contributed by atoms with Gasteiger partial charge in [-0.15, -0.1) is 10.2 Å². The lowest BCUT2D eigenvalue weighted by atomic mass is 10.2. The molecule has 0 radical (unpaired) electrons. The quantitative estimate of drug-likeness (QED) is 0.851. The molecule has 0 N–H and O–H groups in total. The first-order chi connectivity index (χ1) is 9.72. The van der Waals surface area contributed by atoms with Gasteiger partial charge >= 0.3 is 0 Å². The highest BCUT2D eigenvalue weighted by Gasteiger charge is 2.33. The zero-order valence-electron chi connectivity index (χ0n) is 11.7. The molecule has 3 heterocycles. The van der Waals surface area contributed by atoms with Crippen molar-refractivity contribution in [3.05, 3.63) is 30.2 Å². The van der Waals surface area contributed by atoms with E-state index in [0.717, 1.165) is 24.5 Å². The molecule has 1 aliphatic heterocycles. The van der Waals surface area contributed by atoms with Crippen LogP contribution in [0.4, 0.5) is 0 Å². The Balaban J connectivity index is 2.03. The van der Waals surface area contributed by atoms with Crippen LogP contribution in [0.15, 0.2) is 24.4 Å². The third kappa shape index (κ3) is 1.97. The molecular formula is C14H17N5O. The average molecular weight is 271 g/mol. The fourth-order valence-electron chi connectivity index (χ4n) is 2.59. The molecule has 0 saturated carbocycles. The van der Waals surface area contributed by atoms with Gasteiger partial charge in [0.2, 0.25) is 5.91 Å². The van der Waals surface area contributed by atoms with E-state index in [0.29, 0.717) is 12.4 Å². The van der Waals surface area contributed by atoms with E-state index in [9.17, 15) is 4.79 Å². The van der Waals surface area contributed by atoms with Gasteiger partial charge in [0, 0.05) is 12.7 Å². The van der Waals surface area contributed by atoms with Crippen molar-refractivity contribution in [3.63, 3.8) is 0 Å². The smallest absolute Gasteiger partial charge is 0.245 e. The normalized spacial score (nSPS) is 18.2. The minimum atomic E-state index is -0.280. The second kappa shape index (κ2) is 5.03.